The third kappa shape index (κ3) is 1.04. The molecule has 0 aromatic heterocycles. The highest BCUT2D eigenvalue weighted by Crippen LogP contribution is 2.55. The average Bonchev–Trinajstić information content (AvgIpc) is 2.52. The summed E-state index contributed by atoms with van der Waals surface area (Å²) in [7, 11) is 0. The number of ketones is 1. The van der Waals surface area contributed by atoms with E-state index in [2.05, 4.69) is 5.32 Å². The van der Waals surface area contributed by atoms with Crippen LogP contribution in [-0.4, -0.2) is 17.2 Å². The summed E-state index contributed by atoms with van der Waals surface area (Å²) in [5.41, 5.74) is -0.749. The lowest BCUT2D eigenvalue weighted by atomic mass is 9.74. The number of fused-ring (bicyclic) bond motifs is 2. The predicted octanol–water partition coefficient (Wildman–Crippen LogP) is 1.27. The van der Waals surface area contributed by atoms with Gasteiger partial charge in [0.05, 0.1) is 5.54 Å². The molecule has 2 fully saturated rings. The Labute approximate surface area is 84.2 Å². The van der Waals surface area contributed by atoms with E-state index >= 15 is 0 Å². The van der Waals surface area contributed by atoms with Gasteiger partial charge in [0.1, 0.15) is 0 Å². The fourth-order valence-electron chi connectivity index (χ4n) is 3.18. The third-order valence-corrected chi connectivity index (χ3v) is 3.97. The maximum absolute atomic E-state index is 12.1. The monoisotopic (exact) mass is 195 g/mol. The number of hydrogen-bond acceptors (Lipinski definition) is 2. The first kappa shape index (κ1) is 9.69. The highest BCUT2D eigenvalue weighted by Gasteiger charge is 2.61. The van der Waals surface area contributed by atoms with E-state index in [9.17, 15) is 9.59 Å². The average molecular weight is 195 g/mol. The molecule has 0 spiro atoms. The van der Waals surface area contributed by atoms with Gasteiger partial charge >= 0.3 is 0 Å². The molecule has 2 rings (SSSR count). The fraction of sp³-hybridized carbons (Fsp3) is 0.818. The number of rotatable bonds is 1. The van der Waals surface area contributed by atoms with Gasteiger partial charge in [0, 0.05) is 12.3 Å². The molecule has 2 bridgehead atoms. The SMILES string of the molecule is CC(=O)N[C@]12CC[C@H](C1)C(C)(C)C2=O. The summed E-state index contributed by atoms with van der Waals surface area (Å²) >= 11 is 0. The van der Waals surface area contributed by atoms with Crippen molar-refractivity contribution in [2.24, 2.45) is 11.3 Å². The molecule has 2 atom stereocenters. The molecule has 1 N–H and O–H groups in total. The zero-order chi connectivity index (χ0) is 10.6. The molecular formula is C11H17NO2. The summed E-state index contributed by atoms with van der Waals surface area (Å²) in [4.78, 5) is 23.2. The van der Waals surface area contributed by atoms with Crippen molar-refractivity contribution >= 4 is 11.7 Å². The van der Waals surface area contributed by atoms with E-state index in [1.165, 1.54) is 6.92 Å². The summed E-state index contributed by atoms with van der Waals surface area (Å²) in [5, 5.41) is 2.86. The lowest BCUT2D eigenvalue weighted by molar-refractivity contribution is -0.136. The van der Waals surface area contributed by atoms with Crippen molar-refractivity contribution in [1.29, 1.82) is 0 Å². The van der Waals surface area contributed by atoms with Crippen LogP contribution in [0.4, 0.5) is 0 Å². The van der Waals surface area contributed by atoms with Crippen LogP contribution in [0.25, 0.3) is 0 Å². The summed E-state index contributed by atoms with van der Waals surface area (Å²) in [5.74, 6) is 0.606. The van der Waals surface area contributed by atoms with Gasteiger partial charge < -0.3 is 5.32 Å². The Kier molecular flexibility index (Phi) is 1.79. The maximum atomic E-state index is 12.1. The molecule has 3 heteroatoms. The smallest absolute Gasteiger partial charge is 0.217 e. The summed E-state index contributed by atoms with van der Waals surface area (Å²) in [6.07, 6.45) is 2.75. The van der Waals surface area contributed by atoms with Crippen molar-refractivity contribution < 1.29 is 9.59 Å². The molecule has 2 saturated carbocycles. The molecule has 2 aliphatic rings. The van der Waals surface area contributed by atoms with E-state index in [-0.39, 0.29) is 17.1 Å². The van der Waals surface area contributed by atoms with Gasteiger partial charge in [-0.3, -0.25) is 9.59 Å². The van der Waals surface area contributed by atoms with Gasteiger partial charge in [-0.05, 0) is 25.2 Å². The number of carbonyl (C=O) groups is 2. The first-order valence-corrected chi connectivity index (χ1v) is 5.22. The van der Waals surface area contributed by atoms with E-state index in [1.54, 1.807) is 0 Å². The molecule has 0 radical (unpaired) electrons. The zero-order valence-electron chi connectivity index (χ0n) is 9.02. The molecule has 0 saturated heterocycles. The molecule has 3 nitrogen and oxygen atoms in total. The Bertz CT molecular complexity index is 308. The Morgan fingerprint density at radius 1 is 1.50 bits per heavy atom. The van der Waals surface area contributed by atoms with Gasteiger partial charge in [-0.1, -0.05) is 13.8 Å². The highest BCUT2D eigenvalue weighted by molar-refractivity contribution is 5.99. The Balaban J connectivity index is 2.30. The first-order valence-electron chi connectivity index (χ1n) is 5.22. The minimum atomic E-state index is -0.514. The van der Waals surface area contributed by atoms with Crippen LogP contribution in [0.3, 0.4) is 0 Å². The van der Waals surface area contributed by atoms with Crippen molar-refractivity contribution in [3.05, 3.63) is 0 Å². The number of nitrogens with one attached hydrogen (secondary N) is 1. The van der Waals surface area contributed by atoms with Crippen LogP contribution in [-0.2, 0) is 9.59 Å². The Morgan fingerprint density at radius 3 is 2.57 bits per heavy atom. The number of carbonyl (C=O) groups excluding carboxylic acids is 2. The molecule has 78 valence electrons. The van der Waals surface area contributed by atoms with Crippen LogP contribution in [0.2, 0.25) is 0 Å². The lowest BCUT2D eigenvalue weighted by Gasteiger charge is -2.33. The van der Waals surface area contributed by atoms with Crippen LogP contribution < -0.4 is 5.32 Å². The molecule has 2 aliphatic carbocycles. The summed E-state index contributed by atoms with van der Waals surface area (Å²) in [6, 6.07) is 0. The largest absolute Gasteiger partial charge is 0.344 e. The Hall–Kier alpha value is -0.860. The van der Waals surface area contributed by atoms with Crippen molar-refractivity contribution in [3.63, 3.8) is 0 Å². The standard InChI is InChI=1S/C11H17NO2/c1-7(13)12-11-5-4-8(6-11)10(2,3)9(11)14/h8H,4-6H2,1-3H3,(H,12,13)/t8-,11-/m1/s1. The van der Waals surface area contributed by atoms with E-state index in [0.717, 1.165) is 19.3 Å². The highest BCUT2D eigenvalue weighted by atomic mass is 16.2. The minimum absolute atomic E-state index is 0.0864. The van der Waals surface area contributed by atoms with Crippen LogP contribution in [0.5, 0.6) is 0 Å². The van der Waals surface area contributed by atoms with Crippen LogP contribution >= 0.6 is 0 Å². The fourth-order valence-corrected chi connectivity index (χ4v) is 3.18. The first-order chi connectivity index (χ1) is 6.38. The van der Waals surface area contributed by atoms with Crippen molar-refractivity contribution in [3.8, 4) is 0 Å². The molecule has 0 aromatic carbocycles. The number of hydrogen-bond donors (Lipinski definition) is 1. The second kappa shape index (κ2) is 2.59. The number of Topliss-reactive ketones (excluding diaryl/α,β-unsaturated/α-hetero) is 1. The van der Waals surface area contributed by atoms with E-state index in [0.29, 0.717) is 5.92 Å². The van der Waals surface area contributed by atoms with Gasteiger partial charge in [-0.25, -0.2) is 0 Å². The zero-order valence-corrected chi connectivity index (χ0v) is 9.02. The van der Waals surface area contributed by atoms with E-state index in [1.807, 2.05) is 13.8 Å². The second-order valence-corrected chi connectivity index (χ2v) is 5.25. The van der Waals surface area contributed by atoms with Gasteiger partial charge in [0.25, 0.3) is 0 Å². The van der Waals surface area contributed by atoms with Crippen molar-refractivity contribution in [2.45, 2.75) is 45.6 Å². The molecule has 1 amide bonds. The summed E-state index contributed by atoms with van der Waals surface area (Å²) < 4.78 is 0. The second-order valence-electron chi connectivity index (χ2n) is 5.25. The molecule has 0 unspecified atom stereocenters. The van der Waals surface area contributed by atoms with Crippen LogP contribution in [0.1, 0.15) is 40.0 Å². The normalized spacial score (nSPS) is 38.8. The van der Waals surface area contributed by atoms with E-state index < -0.39 is 5.54 Å². The van der Waals surface area contributed by atoms with Crippen molar-refractivity contribution in [2.75, 3.05) is 0 Å². The minimum Gasteiger partial charge on any atom is -0.344 e. The van der Waals surface area contributed by atoms with Crippen LogP contribution in [0.15, 0.2) is 0 Å². The quantitative estimate of drug-likeness (QED) is 0.685. The molecule has 0 aromatic rings. The topological polar surface area (TPSA) is 46.2 Å². The molecule has 0 aliphatic heterocycles. The predicted molar refractivity (Wildman–Crippen MR) is 52.7 cm³/mol. The van der Waals surface area contributed by atoms with Crippen molar-refractivity contribution in [1.82, 2.24) is 5.32 Å². The van der Waals surface area contributed by atoms with Gasteiger partial charge in [-0.2, -0.15) is 0 Å². The van der Waals surface area contributed by atoms with Gasteiger partial charge in [0.15, 0.2) is 5.78 Å². The Morgan fingerprint density at radius 2 is 2.14 bits per heavy atom. The van der Waals surface area contributed by atoms with Gasteiger partial charge in [0.2, 0.25) is 5.91 Å². The molecule has 14 heavy (non-hydrogen) atoms. The molecule has 0 heterocycles. The lowest BCUT2D eigenvalue weighted by Crippen LogP contribution is -2.53. The van der Waals surface area contributed by atoms with Gasteiger partial charge in [-0.15, -0.1) is 0 Å². The van der Waals surface area contributed by atoms with Crippen LogP contribution in [0, 0.1) is 11.3 Å². The maximum Gasteiger partial charge on any atom is 0.217 e. The third-order valence-electron chi connectivity index (χ3n) is 3.97. The summed E-state index contributed by atoms with van der Waals surface area (Å²) in [6.45, 7) is 5.49. The molecular weight excluding hydrogens is 178 g/mol. The van der Waals surface area contributed by atoms with E-state index in [4.69, 9.17) is 0 Å². The number of amides is 1.